The first-order valence-electron chi connectivity index (χ1n) is 8.93. The number of aromatic nitrogens is 4. The van der Waals surface area contributed by atoms with Gasteiger partial charge < -0.3 is 0 Å². The molecule has 0 aliphatic carbocycles. The van der Waals surface area contributed by atoms with Crippen LogP contribution in [0, 0.1) is 6.92 Å². The summed E-state index contributed by atoms with van der Waals surface area (Å²) in [5.74, 6) is 0.322. The molecule has 0 unspecified atom stereocenters. The quantitative estimate of drug-likeness (QED) is 0.550. The Bertz CT molecular complexity index is 1290. The van der Waals surface area contributed by atoms with Crippen LogP contribution in [-0.2, 0) is 16.3 Å². The van der Waals surface area contributed by atoms with Crippen LogP contribution in [0.15, 0.2) is 87.8 Å². The summed E-state index contributed by atoms with van der Waals surface area (Å²) in [6.07, 6.45) is 5.11. The van der Waals surface area contributed by atoms with Gasteiger partial charge in [-0.2, -0.15) is 0 Å². The van der Waals surface area contributed by atoms with Crippen LogP contribution in [0.5, 0.6) is 0 Å². The fourth-order valence-electron chi connectivity index (χ4n) is 3.06. The van der Waals surface area contributed by atoms with Crippen molar-refractivity contribution >= 4 is 9.84 Å². The Balaban J connectivity index is 1.67. The number of sulfone groups is 1. The second kappa shape index (κ2) is 7.48. The number of pyridine rings is 2. The zero-order valence-electron chi connectivity index (χ0n) is 15.6. The van der Waals surface area contributed by atoms with E-state index in [9.17, 15) is 13.2 Å². The van der Waals surface area contributed by atoms with Crippen molar-refractivity contribution in [1.29, 1.82) is 0 Å². The summed E-state index contributed by atoms with van der Waals surface area (Å²) in [6.45, 7) is 1.82. The minimum atomic E-state index is -3.66. The van der Waals surface area contributed by atoms with Crippen LogP contribution >= 0.6 is 0 Å². The minimum absolute atomic E-state index is 0.0689. The van der Waals surface area contributed by atoms with Gasteiger partial charge in [-0.15, -0.1) is 0 Å². The highest BCUT2D eigenvalue weighted by atomic mass is 32.2. The monoisotopic (exact) mass is 406 g/mol. The number of aromatic amines is 1. The predicted octanol–water partition coefficient (Wildman–Crippen LogP) is 2.69. The van der Waals surface area contributed by atoms with Crippen LogP contribution in [0.3, 0.4) is 0 Å². The molecule has 1 aromatic carbocycles. The Hall–Kier alpha value is -3.52. The maximum absolute atomic E-state index is 12.9. The van der Waals surface area contributed by atoms with Crippen LogP contribution in [-0.4, -0.2) is 28.2 Å². The molecule has 0 spiro atoms. The maximum atomic E-state index is 12.9. The minimum Gasteiger partial charge on any atom is -0.294 e. The summed E-state index contributed by atoms with van der Waals surface area (Å²) in [5.41, 5.74) is 2.04. The van der Waals surface area contributed by atoms with Crippen molar-refractivity contribution in [2.24, 2.45) is 0 Å². The summed E-state index contributed by atoms with van der Waals surface area (Å²) < 4.78 is 26.7. The molecule has 1 N–H and O–H groups in total. The first-order valence-corrected chi connectivity index (χ1v) is 10.4. The number of rotatable bonds is 5. The Morgan fingerprint density at radius 3 is 2.41 bits per heavy atom. The normalized spacial score (nSPS) is 11.5. The van der Waals surface area contributed by atoms with Gasteiger partial charge in [0.15, 0.2) is 5.82 Å². The topological polar surface area (TPSA) is 97.7 Å². The van der Waals surface area contributed by atoms with Crippen LogP contribution < -0.4 is 5.56 Å². The fraction of sp³-hybridized carbons (Fsp3) is 0.0952. The van der Waals surface area contributed by atoms with Crippen molar-refractivity contribution < 1.29 is 8.42 Å². The average Bonchev–Trinajstić information content (AvgIpc) is 3.03. The fourth-order valence-corrected chi connectivity index (χ4v) is 4.28. The van der Waals surface area contributed by atoms with E-state index in [1.54, 1.807) is 30.6 Å². The lowest BCUT2D eigenvalue weighted by Crippen LogP contribution is -2.19. The standard InChI is InChI=1S/C21H18N4O3S/c1-15-19(12-16-6-5-11-22-13-16)21(26)25(24-15)20-10-9-18(14-23-20)29(27,28)17-7-3-2-4-8-17/h2-11,13-14,24H,12H2,1H3. The first kappa shape index (κ1) is 18.8. The van der Waals surface area contributed by atoms with E-state index in [0.29, 0.717) is 17.8 Å². The number of hydrogen-bond donors (Lipinski definition) is 1. The molecule has 0 aliphatic rings. The summed E-state index contributed by atoms with van der Waals surface area (Å²) in [6, 6.07) is 14.9. The Morgan fingerprint density at radius 1 is 0.966 bits per heavy atom. The van der Waals surface area contributed by atoms with Crippen LogP contribution in [0.2, 0.25) is 0 Å². The molecule has 0 saturated carbocycles. The average molecular weight is 406 g/mol. The van der Waals surface area contributed by atoms with Gasteiger partial charge >= 0.3 is 0 Å². The van der Waals surface area contributed by atoms with Gasteiger partial charge in [-0.3, -0.25) is 14.9 Å². The van der Waals surface area contributed by atoms with E-state index in [-0.39, 0.29) is 15.4 Å². The molecule has 146 valence electrons. The molecule has 0 saturated heterocycles. The van der Waals surface area contributed by atoms with Gasteiger partial charge in [0.2, 0.25) is 9.84 Å². The Kier molecular flexibility index (Phi) is 4.85. The van der Waals surface area contributed by atoms with E-state index in [4.69, 9.17) is 0 Å². The van der Waals surface area contributed by atoms with Crippen molar-refractivity contribution in [3.63, 3.8) is 0 Å². The molecular formula is C21H18N4O3S. The van der Waals surface area contributed by atoms with Gasteiger partial charge in [0.25, 0.3) is 5.56 Å². The summed E-state index contributed by atoms with van der Waals surface area (Å²) in [7, 11) is -3.66. The van der Waals surface area contributed by atoms with Gasteiger partial charge in [0.1, 0.15) is 0 Å². The molecule has 29 heavy (non-hydrogen) atoms. The summed E-state index contributed by atoms with van der Waals surface area (Å²) in [4.78, 5) is 21.4. The molecule has 8 heteroatoms. The van der Waals surface area contributed by atoms with Crippen molar-refractivity contribution in [1.82, 2.24) is 19.7 Å². The Morgan fingerprint density at radius 2 is 1.76 bits per heavy atom. The number of benzene rings is 1. The number of hydrogen-bond acceptors (Lipinski definition) is 5. The molecule has 4 aromatic rings. The van der Waals surface area contributed by atoms with Gasteiger partial charge in [0, 0.05) is 36.3 Å². The van der Waals surface area contributed by atoms with E-state index in [1.807, 2.05) is 19.1 Å². The largest absolute Gasteiger partial charge is 0.294 e. The number of nitrogens with zero attached hydrogens (tertiary/aromatic N) is 3. The van der Waals surface area contributed by atoms with E-state index in [0.717, 1.165) is 11.3 Å². The summed E-state index contributed by atoms with van der Waals surface area (Å²) in [5, 5.41) is 3.01. The molecule has 0 atom stereocenters. The van der Waals surface area contributed by atoms with E-state index in [2.05, 4.69) is 15.1 Å². The molecule has 0 fully saturated rings. The highest BCUT2D eigenvalue weighted by Gasteiger charge is 2.19. The van der Waals surface area contributed by atoms with E-state index < -0.39 is 9.84 Å². The lowest BCUT2D eigenvalue weighted by Gasteiger charge is -2.05. The third kappa shape index (κ3) is 3.62. The second-order valence-electron chi connectivity index (χ2n) is 6.56. The molecular weight excluding hydrogens is 388 g/mol. The number of aryl methyl sites for hydroxylation is 1. The highest BCUT2D eigenvalue weighted by molar-refractivity contribution is 7.91. The third-order valence-electron chi connectivity index (χ3n) is 4.61. The van der Waals surface area contributed by atoms with Crippen molar-refractivity contribution in [3.8, 4) is 5.82 Å². The summed E-state index contributed by atoms with van der Waals surface area (Å²) >= 11 is 0. The number of H-pyrrole nitrogens is 1. The van der Waals surface area contributed by atoms with Crippen LogP contribution in [0.1, 0.15) is 16.8 Å². The first-order chi connectivity index (χ1) is 14.0. The van der Waals surface area contributed by atoms with Gasteiger partial charge in [-0.25, -0.2) is 18.1 Å². The highest BCUT2D eigenvalue weighted by Crippen LogP contribution is 2.20. The molecule has 3 heterocycles. The van der Waals surface area contributed by atoms with E-state index in [1.165, 1.54) is 35.1 Å². The smallest absolute Gasteiger partial charge is 0.276 e. The lowest BCUT2D eigenvalue weighted by atomic mass is 10.1. The molecule has 3 aromatic heterocycles. The van der Waals surface area contributed by atoms with Gasteiger partial charge in [-0.1, -0.05) is 24.3 Å². The molecule has 0 bridgehead atoms. The Labute approximate surface area is 167 Å². The lowest BCUT2D eigenvalue weighted by molar-refractivity contribution is 0.595. The van der Waals surface area contributed by atoms with Crippen molar-refractivity contribution in [2.75, 3.05) is 0 Å². The molecule has 7 nitrogen and oxygen atoms in total. The maximum Gasteiger partial charge on any atom is 0.276 e. The second-order valence-corrected chi connectivity index (χ2v) is 8.51. The third-order valence-corrected chi connectivity index (χ3v) is 6.37. The van der Waals surface area contributed by atoms with Crippen LogP contribution in [0.25, 0.3) is 5.82 Å². The van der Waals surface area contributed by atoms with Gasteiger partial charge in [-0.05, 0) is 42.8 Å². The van der Waals surface area contributed by atoms with Gasteiger partial charge in [0.05, 0.1) is 9.79 Å². The zero-order chi connectivity index (χ0) is 20.4. The SMILES string of the molecule is Cc1[nH]n(-c2ccc(S(=O)(=O)c3ccccc3)cn2)c(=O)c1Cc1cccnc1. The van der Waals surface area contributed by atoms with E-state index >= 15 is 0 Å². The van der Waals surface area contributed by atoms with Crippen LogP contribution in [0.4, 0.5) is 0 Å². The molecule has 0 amide bonds. The van der Waals surface area contributed by atoms with Crippen molar-refractivity contribution in [2.45, 2.75) is 23.1 Å². The predicted molar refractivity (Wildman–Crippen MR) is 108 cm³/mol. The molecule has 0 aliphatic heterocycles. The van der Waals surface area contributed by atoms with Crippen molar-refractivity contribution in [3.05, 3.63) is 100 Å². The number of nitrogens with one attached hydrogen (secondary N) is 1. The molecule has 4 rings (SSSR count). The zero-order valence-corrected chi connectivity index (χ0v) is 16.4. The molecule has 0 radical (unpaired) electrons.